The molecule has 1 saturated heterocycles. The van der Waals surface area contributed by atoms with Crippen LogP contribution in [0.5, 0.6) is 0 Å². The first-order valence-corrected chi connectivity index (χ1v) is 6.79. The molecule has 1 aliphatic heterocycles. The average Bonchev–Trinajstić information content (AvgIpc) is 2.91. The quantitative estimate of drug-likeness (QED) is 0.944. The molecule has 0 radical (unpaired) electrons. The summed E-state index contributed by atoms with van der Waals surface area (Å²) in [6.45, 7) is 6.22. The lowest BCUT2D eigenvalue weighted by molar-refractivity contribution is 0.149. The Morgan fingerprint density at radius 1 is 1.35 bits per heavy atom. The Hall–Kier alpha value is -1.36. The lowest BCUT2D eigenvalue weighted by Gasteiger charge is -2.32. The smallest absolute Gasteiger partial charge is 0.151 e. The lowest BCUT2D eigenvalue weighted by Crippen LogP contribution is -2.49. The number of hydrogen-bond donors (Lipinski definition) is 1. The zero-order valence-electron chi connectivity index (χ0n) is 11.6. The SMILES string of the molecule is C[C@H]1CNCCN1Cc1cc(-c2ccccc2)no1.Cl. The van der Waals surface area contributed by atoms with Crippen molar-refractivity contribution in [2.45, 2.75) is 19.5 Å². The Bertz CT molecular complexity index is 529. The Labute approximate surface area is 125 Å². The summed E-state index contributed by atoms with van der Waals surface area (Å²) >= 11 is 0. The van der Waals surface area contributed by atoms with E-state index in [1.165, 1.54) is 0 Å². The molecule has 0 saturated carbocycles. The number of aromatic nitrogens is 1. The zero-order valence-corrected chi connectivity index (χ0v) is 12.4. The summed E-state index contributed by atoms with van der Waals surface area (Å²) in [5, 5.41) is 7.55. The Morgan fingerprint density at radius 2 is 2.15 bits per heavy atom. The fraction of sp³-hybridized carbons (Fsp3) is 0.400. The highest BCUT2D eigenvalue weighted by atomic mass is 35.5. The number of nitrogens with one attached hydrogen (secondary N) is 1. The fourth-order valence-corrected chi connectivity index (χ4v) is 2.45. The molecular formula is C15H20ClN3O. The number of halogens is 1. The normalized spacial score (nSPS) is 19.6. The molecule has 0 aliphatic carbocycles. The van der Waals surface area contributed by atoms with E-state index < -0.39 is 0 Å². The highest BCUT2D eigenvalue weighted by Crippen LogP contribution is 2.20. The first-order chi connectivity index (χ1) is 9.33. The second kappa shape index (κ2) is 6.88. The summed E-state index contributed by atoms with van der Waals surface area (Å²) in [7, 11) is 0. The molecule has 0 unspecified atom stereocenters. The van der Waals surface area contributed by atoms with Crippen molar-refractivity contribution in [1.82, 2.24) is 15.4 Å². The van der Waals surface area contributed by atoms with Crippen LogP contribution in [0.3, 0.4) is 0 Å². The van der Waals surface area contributed by atoms with Crippen LogP contribution < -0.4 is 5.32 Å². The van der Waals surface area contributed by atoms with E-state index in [4.69, 9.17) is 4.52 Å². The molecule has 0 spiro atoms. The van der Waals surface area contributed by atoms with Gasteiger partial charge in [-0.25, -0.2) is 0 Å². The molecule has 1 aromatic heterocycles. The van der Waals surface area contributed by atoms with Crippen molar-refractivity contribution >= 4 is 12.4 Å². The maximum absolute atomic E-state index is 5.46. The standard InChI is InChI=1S/C15H19N3O.ClH/c1-12-10-16-7-8-18(12)11-14-9-15(17-19-14)13-5-3-2-4-6-13;/h2-6,9,12,16H,7-8,10-11H2,1H3;1H/t12-;/m0./s1. The van der Waals surface area contributed by atoms with E-state index in [-0.39, 0.29) is 12.4 Å². The van der Waals surface area contributed by atoms with E-state index in [2.05, 4.69) is 34.4 Å². The van der Waals surface area contributed by atoms with Crippen LogP contribution >= 0.6 is 12.4 Å². The molecule has 3 rings (SSSR count). The molecule has 1 fully saturated rings. The van der Waals surface area contributed by atoms with Crippen molar-refractivity contribution in [1.29, 1.82) is 0 Å². The van der Waals surface area contributed by atoms with Crippen molar-refractivity contribution in [2.24, 2.45) is 0 Å². The van der Waals surface area contributed by atoms with Crippen LogP contribution in [0.2, 0.25) is 0 Å². The molecule has 0 amide bonds. The molecule has 1 atom stereocenters. The molecule has 1 N–H and O–H groups in total. The number of benzene rings is 1. The third-order valence-corrected chi connectivity index (χ3v) is 3.63. The van der Waals surface area contributed by atoms with E-state index >= 15 is 0 Å². The van der Waals surface area contributed by atoms with Gasteiger partial charge < -0.3 is 9.84 Å². The van der Waals surface area contributed by atoms with Gasteiger partial charge in [-0.05, 0) is 6.92 Å². The van der Waals surface area contributed by atoms with Crippen LogP contribution in [0.4, 0.5) is 0 Å². The van der Waals surface area contributed by atoms with Crippen LogP contribution in [0.15, 0.2) is 40.9 Å². The average molecular weight is 294 g/mol. The largest absolute Gasteiger partial charge is 0.359 e. The van der Waals surface area contributed by atoms with Gasteiger partial charge in [0.2, 0.25) is 0 Å². The highest BCUT2D eigenvalue weighted by Gasteiger charge is 2.19. The van der Waals surface area contributed by atoms with Gasteiger partial charge in [0.15, 0.2) is 5.76 Å². The molecule has 5 heteroatoms. The predicted molar refractivity (Wildman–Crippen MR) is 81.9 cm³/mol. The van der Waals surface area contributed by atoms with Gasteiger partial charge in [-0.2, -0.15) is 0 Å². The molecule has 0 bridgehead atoms. The monoisotopic (exact) mass is 293 g/mol. The van der Waals surface area contributed by atoms with Gasteiger partial charge in [0.25, 0.3) is 0 Å². The van der Waals surface area contributed by atoms with Crippen LogP contribution in [0.25, 0.3) is 11.3 Å². The van der Waals surface area contributed by atoms with Crippen molar-refractivity contribution in [2.75, 3.05) is 19.6 Å². The second-order valence-corrected chi connectivity index (χ2v) is 5.07. The van der Waals surface area contributed by atoms with Gasteiger partial charge in [0.05, 0.1) is 6.54 Å². The minimum Gasteiger partial charge on any atom is -0.359 e. The van der Waals surface area contributed by atoms with Gasteiger partial charge in [0.1, 0.15) is 5.69 Å². The summed E-state index contributed by atoms with van der Waals surface area (Å²) in [6.07, 6.45) is 0. The van der Waals surface area contributed by atoms with E-state index in [1.807, 2.05) is 24.3 Å². The Morgan fingerprint density at radius 3 is 2.90 bits per heavy atom. The van der Waals surface area contributed by atoms with Gasteiger partial charge in [-0.1, -0.05) is 35.5 Å². The van der Waals surface area contributed by atoms with Crippen molar-refractivity contribution in [3.8, 4) is 11.3 Å². The molecule has 2 aromatic rings. The molecule has 20 heavy (non-hydrogen) atoms. The van der Waals surface area contributed by atoms with Gasteiger partial charge in [-0.3, -0.25) is 4.90 Å². The fourth-order valence-electron chi connectivity index (χ4n) is 2.45. The molecule has 108 valence electrons. The minimum absolute atomic E-state index is 0. The number of hydrogen-bond acceptors (Lipinski definition) is 4. The minimum atomic E-state index is 0. The topological polar surface area (TPSA) is 41.3 Å². The first kappa shape index (κ1) is 15.0. The van der Waals surface area contributed by atoms with Crippen LogP contribution in [0.1, 0.15) is 12.7 Å². The van der Waals surface area contributed by atoms with Gasteiger partial charge in [-0.15, -0.1) is 12.4 Å². The molecular weight excluding hydrogens is 274 g/mol. The Kier molecular flexibility index (Phi) is 5.17. The van der Waals surface area contributed by atoms with Crippen LogP contribution in [0, 0.1) is 0 Å². The van der Waals surface area contributed by atoms with E-state index in [0.717, 1.165) is 43.2 Å². The number of piperazine rings is 1. The highest BCUT2D eigenvalue weighted by molar-refractivity contribution is 5.85. The molecule has 1 aromatic carbocycles. The predicted octanol–water partition coefficient (Wildman–Crippen LogP) is 2.56. The summed E-state index contributed by atoms with van der Waals surface area (Å²) in [4.78, 5) is 2.42. The second-order valence-electron chi connectivity index (χ2n) is 5.07. The van der Waals surface area contributed by atoms with Crippen molar-refractivity contribution in [3.05, 3.63) is 42.2 Å². The van der Waals surface area contributed by atoms with Crippen LogP contribution in [-0.4, -0.2) is 35.7 Å². The number of nitrogens with zero attached hydrogens (tertiary/aromatic N) is 2. The maximum atomic E-state index is 5.46. The Balaban J connectivity index is 0.00000147. The molecule has 4 nitrogen and oxygen atoms in total. The third-order valence-electron chi connectivity index (χ3n) is 3.63. The molecule has 1 aliphatic rings. The van der Waals surface area contributed by atoms with Crippen LogP contribution in [-0.2, 0) is 6.54 Å². The first-order valence-electron chi connectivity index (χ1n) is 6.79. The molecule has 2 heterocycles. The third kappa shape index (κ3) is 3.39. The summed E-state index contributed by atoms with van der Waals surface area (Å²) in [6, 6.07) is 12.7. The zero-order chi connectivity index (χ0) is 13.1. The van der Waals surface area contributed by atoms with Gasteiger partial charge in [0, 0.05) is 37.3 Å². The summed E-state index contributed by atoms with van der Waals surface area (Å²) < 4.78 is 5.46. The van der Waals surface area contributed by atoms with E-state index in [9.17, 15) is 0 Å². The van der Waals surface area contributed by atoms with E-state index in [1.54, 1.807) is 0 Å². The van der Waals surface area contributed by atoms with Crippen molar-refractivity contribution in [3.63, 3.8) is 0 Å². The maximum Gasteiger partial charge on any atom is 0.151 e. The summed E-state index contributed by atoms with van der Waals surface area (Å²) in [5.41, 5.74) is 2.02. The summed E-state index contributed by atoms with van der Waals surface area (Å²) in [5.74, 6) is 0.938. The lowest BCUT2D eigenvalue weighted by atomic mass is 10.1. The number of rotatable bonds is 3. The van der Waals surface area contributed by atoms with Crippen molar-refractivity contribution < 1.29 is 4.52 Å². The van der Waals surface area contributed by atoms with E-state index in [0.29, 0.717) is 6.04 Å². The van der Waals surface area contributed by atoms with Gasteiger partial charge >= 0.3 is 0 Å².